The number of likely N-dealkylation sites (tertiary alicyclic amines) is 1. The van der Waals surface area contributed by atoms with Gasteiger partial charge >= 0.3 is 0 Å². The minimum absolute atomic E-state index is 0.0288. The third-order valence-electron chi connectivity index (χ3n) is 4.57. The van der Waals surface area contributed by atoms with Gasteiger partial charge in [0.15, 0.2) is 6.61 Å². The Hall–Kier alpha value is -2.93. The van der Waals surface area contributed by atoms with E-state index in [1.165, 1.54) is 12.1 Å². The zero-order valence-corrected chi connectivity index (χ0v) is 15.1. The Morgan fingerprint density at radius 3 is 2.48 bits per heavy atom. The third-order valence-corrected chi connectivity index (χ3v) is 4.57. The summed E-state index contributed by atoms with van der Waals surface area (Å²) in [4.78, 5) is 24.3. The first-order valence-corrected chi connectivity index (χ1v) is 9.06. The third kappa shape index (κ3) is 5.27. The van der Waals surface area contributed by atoms with Crippen LogP contribution in [0.15, 0.2) is 48.5 Å². The average molecular weight is 369 g/mol. The van der Waals surface area contributed by atoms with Gasteiger partial charge in [-0.3, -0.25) is 14.9 Å². The number of hydrogen-bond donors (Lipinski definition) is 1. The van der Waals surface area contributed by atoms with Crippen LogP contribution in [0.1, 0.15) is 24.0 Å². The second-order valence-electron chi connectivity index (χ2n) is 6.51. The van der Waals surface area contributed by atoms with Crippen LogP contribution in [0.3, 0.4) is 0 Å². The number of benzene rings is 2. The molecule has 0 atom stereocenters. The van der Waals surface area contributed by atoms with Crippen LogP contribution >= 0.6 is 0 Å². The zero-order chi connectivity index (χ0) is 19.1. The summed E-state index contributed by atoms with van der Waals surface area (Å²) in [5, 5.41) is 14.0. The van der Waals surface area contributed by atoms with E-state index in [0.29, 0.717) is 18.8 Å². The molecule has 3 rings (SSSR count). The predicted octanol–water partition coefficient (Wildman–Crippen LogP) is 2.89. The molecule has 0 radical (unpaired) electrons. The van der Waals surface area contributed by atoms with Crippen molar-refractivity contribution in [2.75, 3.05) is 19.7 Å². The number of nitrogens with one attached hydrogen (secondary N) is 1. The van der Waals surface area contributed by atoms with E-state index in [4.69, 9.17) is 4.74 Å². The Balaban J connectivity index is 1.51. The minimum Gasteiger partial charge on any atom is -0.483 e. The molecule has 0 aliphatic carbocycles. The fourth-order valence-corrected chi connectivity index (χ4v) is 3.07. The van der Waals surface area contributed by atoms with Gasteiger partial charge in [-0.05, 0) is 24.5 Å². The summed E-state index contributed by atoms with van der Waals surface area (Å²) in [6.45, 7) is 2.85. The molecule has 0 bridgehead atoms. The molecule has 1 aliphatic rings. The highest BCUT2D eigenvalue weighted by Gasteiger charge is 2.18. The molecule has 1 heterocycles. The summed E-state index contributed by atoms with van der Waals surface area (Å²) >= 11 is 0. The molecule has 1 saturated heterocycles. The first kappa shape index (κ1) is 18.8. The van der Waals surface area contributed by atoms with Gasteiger partial charge in [0.1, 0.15) is 5.75 Å². The molecule has 1 aliphatic heterocycles. The molecule has 142 valence electrons. The zero-order valence-electron chi connectivity index (χ0n) is 15.1. The van der Waals surface area contributed by atoms with Crippen molar-refractivity contribution in [2.45, 2.75) is 25.9 Å². The molecular formula is C20H23N3O4. The lowest BCUT2D eigenvalue weighted by Gasteiger charge is -2.17. The van der Waals surface area contributed by atoms with Crippen molar-refractivity contribution < 1.29 is 14.5 Å². The van der Waals surface area contributed by atoms with Gasteiger partial charge in [0.25, 0.3) is 11.6 Å². The minimum atomic E-state index is -0.408. The van der Waals surface area contributed by atoms with Gasteiger partial charge < -0.3 is 15.0 Å². The van der Waals surface area contributed by atoms with E-state index in [9.17, 15) is 14.9 Å². The van der Waals surface area contributed by atoms with Crippen molar-refractivity contribution in [2.24, 2.45) is 0 Å². The lowest BCUT2D eigenvalue weighted by Crippen LogP contribution is -2.32. The van der Waals surface area contributed by atoms with Crippen molar-refractivity contribution in [1.29, 1.82) is 0 Å². The maximum absolute atomic E-state index is 12.1. The van der Waals surface area contributed by atoms with E-state index in [-0.39, 0.29) is 18.2 Å². The maximum Gasteiger partial charge on any atom is 0.269 e. The number of amides is 1. The number of ether oxygens (including phenoxy) is 1. The standard InChI is InChI=1S/C20H23N3O4/c24-20(22-11-3-4-12-22)15-27-19-6-2-1-5-17(19)14-21-13-16-7-9-18(10-8-16)23(25)26/h1-2,5-10,21H,3-4,11-15H2. The summed E-state index contributed by atoms with van der Waals surface area (Å²) < 4.78 is 5.75. The van der Waals surface area contributed by atoms with Crippen LogP contribution in [-0.4, -0.2) is 35.4 Å². The van der Waals surface area contributed by atoms with Crippen molar-refractivity contribution in [3.8, 4) is 5.75 Å². The van der Waals surface area contributed by atoms with Crippen molar-refractivity contribution >= 4 is 11.6 Å². The van der Waals surface area contributed by atoms with Crippen molar-refractivity contribution in [1.82, 2.24) is 10.2 Å². The van der Waals surface area contributed by atoms with Gasteiger partial charge in [0, 0.05) is 43.9 Å². The molecule has 0 saturated carbocycles. The van der Waals surface area contributed by atoms with Crippen LogP contribution in [0.5, 0.6) is 5.75 Å². The van der Waals surface area contributed by atoms with Crippen LogP contribution in [-0.2, 0) is 17.9 Å². The quantitative estimate of drug-likeness (QED) is 0.571. The van der Waals surface area contributed by atoms with Gasteiger partial charge in [0.05, 0.1) is 4.92 Å². The van der Waals surface area contributed by atoms with Gasteiger partial charge in [-0.25, -0.2) is 0 Å². The van der Waals surface area contributed by atoms with E-state index >= 15 is 0 Å². The highest BCUT2D eigenvalue weighted by molar-refractivity contribution is 5.78. The Bertz CT molecular complexity index is 786. The first-order valence-electron chi connectivity index (χ1n) is 9.06. The first-order chi connectivity index (χ1) is 13.1. The normalized spacial score (nSPS) is 13.6. The number of nitro benzene ring substituents is 1. The van der Waals surface area contributed by atoms with Gasteiger partial charge in [-0.2, -0.15) is 0 Å². The average Bonchev–Trinajstić information content (AvgIpc) is 3.22. The molecule has 7 heteroatoms. The molecule has 1 N–H and O–H groups in total. The summed E-state index contributed by atoms with van der Waals surface area (Å²) in [7, 11) is 0. The fraction of sp³-hybridized carbons (Fsp3) is 0.350. The van der Waals surface area contributed by atoms with E-state index < -0.39 is 4.92 Å². The highest BCUT2D eigenvalue weighted by Crippen LogP contribution is 2.19. The Morgan fingerprint density at radius 1 is 1.07 bits per heavy atom. The number of nitrogens with zero attached hydrogens (tertiary/aromatic N) is 2. The topological polar surface area (TPSA) is 84.7 Å². The number of rotatable bonds is 8. The second-order valence-corrected chi connectivity index (χ2v) is 6.51. The molecule has 1 fully saturated rings. The Kier molecular flexibility index (Phi) is 6.38. The van der Waals surface area contributed by atoms with E-state index in [1.54, 1.807) is 12.1 Å². The maximum atomic E-state index is 12.1. The lowest BCUT2D eigenvalue weighted by atomic mass is 10.1. The Labute approximate surface area is 158 Å². The van der Waals surface area contributed by atoms with Crippen LogP contribution in [0.2, 0.25) is 0 Å². The number of para-hydroxylation sites is 1. The molecule has 2 aromatic carbocycles. The van der Waals surface area contributed by atoms with Gasteiger partial charge in [-0.15, -0.1) is 0 Å². The highest BCUT2D eigenvalue weighted by atomic mass is 16.6. The number of carbonyl (C=O) groups excluding carboxylic acids is 1. The van der Waals surface area contributed by atoms with E-state index in [2.05, 4.69) is 5.32 Å². The molecule has 0 spiro atoms. The SMILES string of the molecule is O=C(COc1ccccc1CNCc1ccc([N+](=O)[O-])cc1)N1CCCC1. The number of nitro groups is 1. The largest absolute Gasteiger partial charge is 0.483 e. The molecule has 0 unspecified atom stereocenters. The number of non-ortho nitro benzene ring substituents is 1. The smallest absolute Gasteiger partial charge is 0.269 e. The van der Waals surface area contributed by atoms with E-state index in [0.717, 1.165) is 37.1 Å². The Morgan fingerprint density at radius 2 is 1.78 bits per heavy atom. The van der Waals surface area contributed by atoms with E-state index in [1.807, 2.05) is 29.2 Å². The number of hydrogen-bond acceptors (Lipinski definition) is 5. The lowest BCUT2D eigenvalue weighted by molar-refractivity contribution is -0.384. The molecule has 0 aromatic heterocycles. The number of carbonyl (C=O) groups is 1. The second kappa shape index (κ2) is 9.14. The molecule has 27 heavy (non-hydrogen) atoms. The summed E-state index contributed by atoms with van der Waals surface area (Å²) in [6, 6.07) is 14.1. The van der Waals surface area contributed by atoms with Crippen LogP contribution < -0.4 is 10.1 Å². The summed E-state index contributed by atoms with van der Waals surface area (Å²) in [6.07, 6.45) is 2.13. The molecular weight excluding hydrogens is 346 g/mol. The fourth-order valence-electron chi connectivity index (χ4n) is 3.07. The summed E-state index contributed by atoms with van der Waals surface area (Å²) in [5.41, 5.74) is 2.01. The van der Waals surface area contributed by atoms with Crippen molar-refractivity contribution in [3.05, 3.63) is 69.8 Å². The van der Waals surface area contributed by atoms with Crippen molar-refractivity contribution in [3.63, 3.8) is 0 Å². The van der Waals surface area contributed by atoms with Crippen LogP contribution in [0, 0.1) is 10.1 Å². The predicted molar refractivity (Wildman–Crippen MR) is 101 cm³/mol. The van der Waals surface area contributed by atoms with Gasteiger partial charge in [0.2, 0.25) is 0 Å². The molecule has 1 amide bonds. The molecule has 7 nitrogen and oxygen atoms in total. The molecule has 2 aromatic rings. The monoisotopic (exact) mass is 369 g/mol. The van der Waals surface area contributed by atoms with Gasteiger partial charge in [-0.1, -0.05) is 30.3 Å². The van der Waals surface area contributed by atoms with Crippen LogP contribution in [0.4, 0.5) is 5.69 Å². The van der Waals surface area contributed by atoms with Crippen LogP contribution in [0.25, 0.3) is 0 Å². The summed E-state index contributed by atoms with van der Waals surface area (Å²) in [5.74, 6) is 0.724.